The van der Waals surface area contributed by atoms with E-state index in [0.29, 0.717) is 11.4 Å². The van der Waals surface area contributed by atoms with E-state index in [1.165, 1.54) is 0 Å². The van der Waals surface area contributed by atoms with Crippen molar-refractivity contribution in [3.8, 4) is 11.3 Å². The summed E-state index contributed by atoms with van der Waals surface area (Å²) < 4.78 is 5.35. The molecule has 2 heterocycles. The van der Waals surface area contributed by atoms with Crippen LogP contribution >= 0.6 is 11.8 Å². The van der Waals surface area contributed by atoms with Crippen molar-refractivity contribution in [2.24, 2.45) is 0 Å². The molecule has 0 aliphatic rings. The average molecular weight is 283 g/mol. The zero-order chi connectivity index (χ0) is 13.8. The standard InChI is InChI=1S/C15H13N3OS/c16-13-9-17-7-6-15(13)20-10-12-8-14(18-19-12)11-4-2-1-3-5-11/h1-9H,10,16H2. The van der Waals surface area contributed by atoms with Crippen LogP contribution in [0.3, 0.4) is 0 Å². The normalized spacial score (nSPS) is 10.6. The molecule has 0 saturated carbocycles. The van der Waals surface area contributed by atoms with E-state index in [1.54, 1.807) is 24.2 Å². The summed E-state index contributed by atoms with van der Waals surface area (Å²) in [5, 5.41) is 4.09. The number of thioether (sulfide) groups is 1. The van der Waals surface area contributed by atoms with Crippen LogP contribution in [0.4, 0.5) is 5.69 Å². The zero-order valence-corrected chi connectivity index (χ0v) is 11.5. The van der Waals surface area contributed by atoms with E-state index in [-0.39, 0.29) is 0 Å². The Hall–Kier alpha value is -2.27. The molecule has 0 bridgehead atoms. The summed E-state index contributed by atoms with van der Waals surface area (Å²) in [5.74, 6) is 1.51. The van der Waals surface area contributed by atoms with Crippen molar-refractivity contribution in [2.45, 2.75) is 10.6 Å². The first-order valence-electron chi connectivity index (χ1n) is 6.16. The van der Waals surface area contributed by atoms with Crippen LogP contribution in [0, 0.1) is 0 Å². The molecule has 5 heteroatoms. The first kappa shape index (κ1) is 12.7. The largest absolute Gasteiger partial charge is 0.397 e. The second-order valence-electron chi connectivity index (χ2n) is 4.25. The number of hydrogen-bond acceptors (Lipinski definition) is 5. The number of nitrogens with two attached hydrogens (primary N) is 1. The highest BCUT2D eigenvalue weighted by Crippen LogP contribution is 2.28. The molecule has 3 aromatic rings. The predicted octanol–water partition coefficient (Wildman–Crippen LogP) is 3.61. The van der Waals surface area contributed by atoms with Gasteiger partial charge in [-0.2, -0.15) is 0 Å². The minimum absolute atomic E-state index is 0.681. The van der Waals surface area contributed by atoms with E-state index in [2.05, 4.69) is 10.1 Å². The van der Waals surface area contributed by atoms with Crippen LogP contribution in [0.1, 0.15) is 5.76 Å². The Morgan fingerprint density at radius 3 is 2.80 bits per heavy atom. The topological polar surface area (TPSA) is 64.9 Å². The molecular formula is C15H13N3OS. The number of anilines is 1. The molecule has 0 saturated heterocycles. The van der Waals surface area contributed by atoms with Crippen LogP contribution in [-0.4, -0.2) is 10.1 Å². The Morgan fingerprint density at radius 2 is 2.00 bits per heavy atom. The summed E-state index contributed by atoms with van der Waals surface area (Å²) >= 11 is 1.61. The van der Waals surface area contributed by atoms with Gasteiger partial charge in [-0.1, -0.05) is 35.5 Å². The Bertz CT molecular complexity index is 697. The molecule has 0 radical (unpaired) electrons. The second-order valence-corrected chi connectivity index (χ2v) is 5.26. The fourth-order valence-electron chi connectivity index (χ4n) is 1.80. The van der Waals surface area contributed by atoms with Crippen molar-refractivity contribution in [3.63, 3.8) is 0 Å². The highest BCUT2D eigenvalue weighted by Gasteiger charge is 2.07. The second kappa shape index (κ2) is 5.79. The van der Waals surface area contributed by atoms with Gasteiger partial charge in [0.2, 0.25) is 0 Å². The molecule has 0 aliphatic heterocycles. The van der Waals surface area contributed by atoms with Crippen molar-refractivity contribution < 1.29 is 4.52 Å². The number of rotatable bonds is 4. The van der Waals surface area contributed by atoms with E-state index < -0.39 is 0 Å². The third-order valence-corrected chi connectivity index (χ3v) is 3.92. The van der Waals surface area contributed by atoms with Gasteiger partial charge in [0.1, 0.15) is 11.5 Å². The lowest BCUT2D eigenvalue weighted by Crippen LogP contribution is -1.89. The third-order valence-electron chi connectivity index (χ3n) is 2.81. The molecule has 1 aromatic carbocycles. The van der Waals surface area contributed by atoms with Crippen molar-refractivity contribution in [3.05, 3.63) is 60.6 Å². The molecular weight excluding hydrogens is 270 g/mol. The minimum Gasteiger partial charge on any atom is -0.397 e. The van der Waals surface area contributed by atoms with E-state index in [9.17, 15) is 0 Å². The Labute approximate surface area is 121 Å². The van der Waals surface area contributed by atoms with Crippen molar-refractivity contribution in [1.82, 2.24) is 10.1 Å². The average Bonchev–Trinajstić information content (AvgIpc) is 2.96. The summed E-state index contributed by atoms with van der Waals surface area (Å²) in [6, 6.07) is 13.8. The van der Waals surface area contributed by atoms with Crippen LogP contribution in [-0.2, 0) is 5.75 Å². The molecule has 0 fully saturated rings. The number of pyridine rings is 1. The monoisotopic (exact) mass is 283 g/mol. The molecule has 100 valence electrons. The maximum atomic E-state index is 5.85. The van der Waals surface area contributed by atoms with Gasteiger partial charge in [0.05, 0.1) is 17.6 Å². The van der Waals surface area contributed by atoms with E-state index >= 15 is 0 Å². The van der Waals surface area contributed by atoms with Crippen molar-refractivity contribution in [2.75, 3.05) is 5.73 Å². The van der Waals surface area contributed by atoms with E-state index in [0.717, 1.165) is 21.9 Å². The fraction of sp³-hybridized carbons (Fsp3) is 0.0667. The molecule has 0 unspecified atom stereocenters. The first-order valence-corrected chi connectivity index (χ1v) is 7.15. The SMILES string of the molecule is Nc1cnccc1SCc1cc(-c2ccccc2)no1. The Kier molecular flexibility index (Phi) is 3.69. The van der Waals surface area contributed by atoms with Gasteiger partial charge in [0.25, 0.3) is 0 Å². The number of benzene rings is 1. The summed E-state index contributed by atoms with van der Waals surface area (Å²) in [6.07, 6.45) is 3.38. The van der Waals surface area contributed by atoms with E-state index in [1.807, 2.05) is 42.5 Å². The number of nitrogen functional groups attached to an aromatic ring is 1. The van der Waals surface area contributed by atoms with Gasteiger partial charge in [-0.25, -0.2) is 0 Å². The quantitative estimate of drug-likeness (QED) is 0.741. The lowest BCUT2D eigenvalue weighted by atomic mass is 10.1. The third kappa shape index (κ3) is 2.83. The van der Waals surface area contributed by atoms with Gasteiger partial charge in [-0.15, -0.1) is 11.8 Å². The summed E-state index contributed by atoms with van der Waals surface area (Å²) in [4.78, 5) is 4.97. The molecule has 2 N–H and O–H groups in total. The van der Waals surface area contributed by atoms with Gasteiger partial charge >= 0.3 is 0 Å². The molecule has 0 aliphatic carbocycles. The maximum absolute atomic E-state index is 5.85. The number of hydrogen-bond donors (Lipinski definition) is 1. The van der Waals surface area contributed by atoms with E-state index in [4.69, 9.17) is 10.3 Å². The minimum atomic E-state index is 0.681. The van der Waals surface area contributed by atoms with Crippen LogP contribution in [0.2, 0.25) is 0 Å². The highest BCUT2D eigenvalue weighted by molar-refractivity contribution is 7.98. The van der Waals surface area contributed by atoms with Gasteiger partial charge in [0.15, 0.2) is 0 Å². The smallest absolute Gasteiger partial charge is 0.147 e. The molecule has 4 nitrogen and oxygen atoms in total. The molecule has 20 heavy (non-hydrogen) atoms. The molecule has 0 amide bonds. The maximum Gasteiger partial charge on any atom is 0.147 e. The zero-order valence-electron chi connectivity index (χ0n) is 10.7. The number of aromatic nitrogens is 2. The summed E-state index contributed by atoms with van der Waals surface area (Å²) in [6.45, 7) is 0. The van der Waals surface area contributed by atoms with Gasteiger partial charge in [-0.3, -0.25) is 4.98 Å². The molecule has 3 rings (SSSR count). The predicted molar refractivity (Wildman–Crippen MR) is 80.1 cm³/mol. The Morgan fingerprint density at radius 1 is 1.15 bits per heavy atom. The highest BCUT2D eigenvalue weighted by atomic mass is 32.2. The van der Waals surface area contributed by atoms with Crippen LogP contribution in [0.25, 0.3) is 11.3 Å². The van der Waals surface area contributed by atoms with Crippen molar-refractivity contribution in [1.29, 1.82) is 0 Å². The van der Waals surface area contributed by atoms with Crippen molar-refractivity contribution >= 4 is 17.4 Å². The first-order chi connectivity index (χ1) is 9.83. The van der Waals surface area contributed by atoms with Crippen LogP contribution in [0.5, 0.6) is 0 Å². The van der Waals surface area contributed by atoms with Crippen LogP contribution < -0.4 is 5.73 Å². The molecule has 0 spiro atoms. The lowest BCUT2D eigenvalue weighted by Gasteiger charge is -2.01. The van der Waals surface area contributed by atoms with Crippen LogP contribution in [0.15, 0.2) is 64.3 Å². The lowest BCUT2D eigenvalue weighted by molar-refractivity contribution is 0.397. The summed E-state index contributed by atoms with van der Waals surface area (Å²) in [7, 11) is 0. The van der Waals surface area contributed by atoms with Gasteiger partial charge < -0.3 is 10.3 Å². The van der Waals surface area contributed by atoms with Gasteiger partial charge in [0, 0.05) is 22.7 Å². The molecule has 2 aromatic heterocycles. The fourth-order valence-corrected chi connectivity index (χ4v) is 2.61. The molecule has 0 atom stereocenters. The number of nitrogens with zero attached hydrogens (tertiary/aromatic N) is 2. The van der Waals surface area contributed by atoms with Gasteiger partial charge in [-0.05, 0) is 6.07 Å². The Balaban J connectivity index is 1.71. The summed E-state index contributed by atoms with van der Waals surface area (Å²) in [5.41, 5.74) is 8.43.